The molecule has 0 N–H and O–H groups in total. The Morgan fingerprint density at radius 3 is 2.72 bits per heavy atom. The largest absolute Gasteiger partial charge is 0.378 e. The molecule has 11 heteroatoms. The number of nitrogens with zero attached hydrogens (tertiary/aromatic N) is 5. The number of alkyl halides is 2. The fraction of sp³-hybridized carbons (Fsp3) is 0.520. The van der Waals surface area contributed by atoms with Gasteiger partial charge in [-0.3, -0.25) is 4.90 Å². The maximum atomic E-state index is 14.4. The topological polar surface area (TPSA) is 55.7 Å². The molecule has 0 amide bonds. The summed E-state index contributed by atoms with van der Waals surface area (Å²) in [5, 5.41) is 4.78. The highest BCUT2D eigenvalue weighted by Gasteiger charge is 2.51. The van der Waals surface area contributed by atoms with E-state index in [1.807, 2.05) is 17.7 Å². The van der Waals surface area contributed by atoms with Crippen LogP contribution >= 0.6 is 22.9 Å². The molecule has 0 aromatic carbocycles. The van der Waals surface area contributed by atoms with E-state index in [0.717, 1.165) is 55.5 Å². The Hall–Kier alpha value is -2.11. The van der Waals surface area contributed by atoms with E-state index in [0.29, 0.717) is 35.3 Å². The van der Waals surface area contributed by atoms with E-state index >= 15 is 0 Å². The number of morpholine rings is 1. The lowest BCUT2D eigenvalue weighted by Gasteiger charge is -2.45. The third-order valence-corrected chi connectivity index (χ3v) is 8.88. The average molecular weight is 536 g/mol. The minimum atomic E-state index is -2.99. The summed E-state index contributed by atoms with van der Waals surface area (Å²) >= 11 is 7.37. The lowest BCUT2D eigenvalue weighted by molar-refractivity contribution is -0.182. The van der Waals surface area contributed by atoms with Crippen LogP contribution in [0.25, 0.3) is 5.82 Å². The van der Waals surface area contributed by atoms with Gasteiger partial charge in [-0.05, 0) is 38.0 Å². The minimum absolute atomic E-state index is 0.0424. The van der Waals surface area contributed by atoms with Gasteiger partial charge in [0.2, 0.25) is 0 Å². The first-order valence-electron chi connectivity index (χ1n) is 12.2. The van der Waals surface area contributed by atoms with E-state index in [-0.39, 0.29) is 5.56 Å². The number of aromatic nitrogens is 3. The number of hydrogen-bond acceptors (Lipinski definition) is 7. The van der Waals surface area contributed by atoms with E-state index in [1.54, 1.807) is 6.20 Å². The van der Waals surface area contributed by atoms with Gasteiger partial charge in [-0.15, -0.1) is 11.3 Å². The monoisotopic (exact) mass is 535 g/mol. The van der Waals surface area contributed by atoms with Gasteiger partial charge in [-0.1, -0.05) is 11.6 Å². The normalized spacial score (nSPS) is 21.6. The van der Waals surface area contributed by atoms with Crippen LogP contribution in [0.5, 0.6) is 0 Å². The second kappa shape index (κ2) is 9.33. The summed E-state index contributed by atoms with van der Waals surface area (Å²) in [6, 6.07) is 5.44. The van der Waals surface area contributed by atoms with E-state index in [4.69, 9.17) is 26.2 Å². The van der Waals surface area contributed by atoms with Crippen molar-refractivity contribution in [3.63, 3.8) is 0 Å². The van der Waals surface area contributed by atoms with Crippen molar-refractivity contribution in [2.45, 2.75) is 37.8 Å². The molecular formula is C25H28ClF2N5O2S. The van der Waals surface area contributed by atoms with Crippen molar-refractivity contribution in [2.24, 2.45) is 0 Å². The highest BCUT2D eigenvalue weighted by molar-refractivity contribution is 7.16. The summed E-state index contributed by atoms with van der Waals surface area (Å²) in [5.41, 5.74) is 2.49. The number of pyridine rings is 1. The van der Waals surface area contributed by atoms with Gasteiger partial charge in [-0.2, -0.15) is 13.9 Å². The van der Waals surface area contributed by atoms with Crippen molar-refractivity contribution in [3.05, 3.63) is 56.6 Å². The molecule has 3 aromatic rings. The Morgan fingerprint density at radius 2 is 1.94 bits per heavy atom. The van der Waals surface area contributed by atoms with Gasteiger partial charge >= 0.3 is 0 Å². The van der Waals surface area contributed by atoms with Crippen LogP contribution in [0.2, 0.25) is 4.34 Å². The van der Waals surface area contributed by atoms with Crippen molar-refractivity contribution in [1.29, 1.82) is 0 Å². The second-order valence-electron chi connectivity index (χ2n) is 9.69. The zero-order chi connectivity index (χ0) is 24.9. The molecule has 0 radical (unpaired) electrons. The smallest absolute Gasteiger partial charge is 0.297 e. The number of likely N-dealkylation sites (tertiary alicyclic amines) is 1. The second-order valence-corrected chi connectivity index (χ2v) is 11.4. The van der Waals surface area contributed by atoms with Gasteiger partial charge in [-0.25, -0.2) is 9.67 Å². The highest BCUT2D eigenvalue weighted by atomic mass is 35.5. The molecule has 0 atom stereocenters. The number of anilines is 1. The van der Waals surface area contributed by atoms with Crippen LogP contribution in [0.1, 0.15) is 34.5 Å². The first-order valence-corrected chi connectivity index (χ1v) is 13.4. The SMILES string of the molecule is Cc1nn(-c2ncccc2N2CCOCC2)cc1CN1CCC2(CC1)OCC(F)(F)c1cc(Cl)sc12. The van der Waals surface area contributed by atoms with Gasteiger partial charge in [0.15, 0.2) is 5.82 Å². The molecule has 6 rings (SSSR count). The number of hydrogen-bond donors (Lipinski definition) is 0. The van der Waals surface area contributed by atoms with Gasteiger partial charge in [0.05, 0.1) is 28.9 Å². The first-order chi connectivity index (χ1) is 17.3. The van der Waals surface area contributed by atoms with Crippen LogP contribution in [-0.4, -0.2) is 65.7 Å². The lowest BCUT2D eigenvalue weighted by atomic mass is 9.84. The van der Waals surface area contributed by atoms with E-state index in [1.165, 1.54) is 17.4 Å². The van der Waals surface area contributed by atoms with Crippen LogP contribution in [0, 0.1) is 6.92 Å². The Labute approximate surface area is 217 Å². The molecule has 3 aliphatic heterocycles. The van der Waals surface area contributed by atoms with Crippen molar-refractivity contribution in [1.82, 2.24) is 19.7 Å². The molecule has 7 nitrogen and oxygen atoms in total. The number of halogens is 3. The molecule has 36 heavy (non-hydrogen) atoms. The zero-order valence-electron chi connectivity index (χ0n) is 20.1. The van der Waals surface area contributed by atoms with E-state index < -0.39 is 18.1 Å². The molecule has 2 fully saturated rings. The fourth-order valence-electron chi connectivity index (χ4n) is 5.40. The van der Waals surface area contributed by atoms with Crippen LogP contribution in [0.15, 0.2) is 30.6 Å². The van der Waals surface area contributed by atoms with Crippen molar-refractivity contribution >= 4 is 28.6 Å². The first kappa shape index (κ1) is 24.2. The number of rotatable bonds is 4. The quantitative estimate of drug-likeness (QED) is 0.481. The number of piperidine rings is 1. The maximum absolute atomic E-state index is 14.4. The van der Waals surface area contributed by atoms with E-state index in [2.05, 4.69) is 27.0 Å². The summed E-state index contributed by atoms with van der Waals surface area (Å²) in [6.45, 7) is 6.70. The molecular weight excluding hydrogens is 508 g/mol. The fourth-order valence-corrected chi connectivity index (χ4v) is 6.88. The van der Waals surface area contributed by atoms with Crippen molar-refractivity contribution < 1.29 is 18.3 Å². The predicted molar refractivity (Wildman–Crippen MR) is 134 cm³/mol. The van der Waals surface area contributed by atoms with Gasteiger partial charge < -0.3 is 14.4 Å². The Kier molecular flexibility index (Phi) is 6.28. The molecule has 1 spiro atoms. The standard InChI is InChI=1S/C25H28ClF2N5O2S/c1-17-18(15-33(30-17)23-20(3-2-6-29-23)32-9-11-34-12-10-32)14-31-7-4-24(5-8-31)22-19(13-21(26)36-22)25(27,28)16-35-24/h2-3,6,13,15H,4-5,7-12,14,16H2,1H3. The van der Waals surface area contributed by atoms with Crippen molar-refractivity contribution in [3.8, 4) is 5.82 Å². The summed E-state index contributed by atoms with van der Waals surface area (Å²) in [5.74, 6) is -2.18. The Bertz CT molecular complexity index is 1250. The third-order valence-electron chi connectivity index (χ3n) is 7.43. The summed E-state index contributed by atoms with van der Waals surface area (Å²) < 4.78 is 42.5. The third kappa shape index (κ3) is 4.32. The maximum Gasteiger partial charge on any atom is 0.297 e. The number of fused-ring (bicyclic) bond motifs is 2. The van der Waals surface area contributed by atoms with Crippen LogP contribution < -0.4 is 4.90 Å². The molecule has 0 saturated carbocycles. The number of thiophene rings is 1. The molecule has 0 aliphatic carbocycles. The zero-order valence-corrected chi connectivity index (χ0v) is 21.6. The Balaban J connectivity index is 1.18. The number of ether oxygens (including phenoxy) is 2. The number of aryl methyl sites for hydroxylation is 1. The molecule has 3 aromatic heterocycles. The Morgan fingerprint density at radius 1 is 1.17 bits per heavy atom. The average Bonchev–Trinajstić information content (AvgIpc) is 3.47. The molecule has 3 aliphatic rings. The molecule has 2 saturated heterocycles. The predicted octanol–water partition coefficient (Wildman–Crippen LogP) is 4.74. The lowest BCUT2D eigenvalue weighted by Crippen LogP contribution is -2.48. The highest BCUT2D eigenvalue weighted by Crippen LogP contribution is 2.52. The molecule has 0 unspecified atom stereocenters. The summed E-state index contributed by atoms with van der Waals surface area (Å²) in [7, 11) is 0. The molecule has 6 heterocycles. The van der Waals surface area contributed by atoms with Crippen molar-refractivity contribution in [2.75, 3.05) is 50.9 Å². The molecule has 192 valence electrons. The summed E-state index contributed by atoms with van der Waals surface area (Å²) in [4.78, 5) is 9.85. The minimum Gasteiger partial charge on any atom is -0.378 e. The van der Waals surface area contributed by atoms with Gasteiger partial charge in [0.25, 0.3) is 5.92 Å². The van der Waals surface area contributed by atoms with E-state index in [9.17, 15) is 8.78 Å². The molecule has 0 bridgehead atoms. The summed E-state index contributed by atoms with van der Waals surface area (Å²) in [6.07, 6.45) is 5.16. The van der Waals surface area contributed by atoms with Gasteiger partial charge in [0, 0.05) is 61.1 Å². The van der Waals surface area contributed by atoms with Crippen LogP contribution in [0.3, 0.4) is 0 Å². The van der Waals surface area contributed by atoms with Crippen LogP contribution in [0.4, 0.5) is 14.5 Å². The van der Waals surface area contributed by atoms with Gasteiger partial charge in [0.1, 0.15) is 12.2 Å². The van der Waals surface area contributed by atoms with Crippen LogP contribution in [-0.2, 0) is 27.5 Å².